The Morgan fingerprint density at radius 1 is 1.15 bits per heavy atom. The molecule has 108 valence electrons. The van der Waals surface area contributed by atoms with Crippen molar-refractivity contribution in [1.82, 2.24) is 10.6 Å². The minimum Gasteiger partial charge on any atom is -0.394 e. The highest BCUT2D eigenvalue weighted by atomic mass is 16.3. The molecule has 0 bridgehead atoms. The molecule has 3 N–H and O–H groups in total. The maximum Gasteiger partial charge on any atom is 0.231 e. The molecule has 0 aromatic heterocycles. The zero-order valence-electron chi connectivity index (χ0n) is 11.7. The molecule has 1 aromatic carbocycles. The molecule has 2 fully saturated rings. The number of carbonyl (C=O) groups is 1. The molecule has 20 heavy (non-hydrogen) atoms. The Morgan fingerprint density at radius 3 is 2.35 bits per heavy atom. The van der Waals surface area contributed by atoms with Gasteiger partial charge in [0, 0.05) is 0 Å². The maximum atomic E-state index is 12.9. The van der Waals surface area contributed by atoms with Crippen LogP contribution in [0.1, 0.15) is 31.2 Å². The molecular formula is C16H22N2O2. The molecular weight excluding hydrogens is 252 g/mol. The van der Waals surface area contributed by atoms with Crippen molar-refractivity contribution in [3.63, 3.8) is 0 Å². The van der Waals surface area contributed by atoms with Gasteiger partial charge in [-0.15, -0.1) is 0 Å². The van der Waals surface area contributed by atoms with Crippen molar-refractivity contribution in [1.29, 1.82) is 0 Å². The van der Waals surface area contributed by atoms with Gasteiger partial charge in [0.05, 0.1) is 17.6 Å². The van der Waals surface area contributed by atoms with Crippen LogP contribution in [0.4, 0.5) is 0 Å². The molecule has 3 rings (SSSR count). The van der Waals surface area contributed by atoms with Crippen LogP contribution >= 0.6 is 0 Å². The minimum absolute atomic E-state index is 0.0435. The van der Waals surface area contributed by atoms with Crippen molar-refractivity contribution >= 4 is 5.91 Å². The van der Waals surface area contributed by atoms with Gasteiger partial charge in [0.1, 0.15) is 0 Å². The summed E-state index contributed by atoms with van der Waals surface area (Å²) in [6, 6.07) is 10.1. The number of hydrogen-bond donors (Lipinski definition) is 3. The number of aliphatic hydroxyl groups excluding tert-OH is 1. The Bertz CT molecular complexity index is 477. The van der Waals surface area contributed by atoms with E-state index in [0.29, 0.717) is 0 Å². The third-order valence-corrected chi connectivity index (χ3v) is 4.75. The SMILES string of the molecule is O=C(NC1(CO)CC1)C1(c2ccccc2)CCNCC1. The van der Waals surface area contributed by atoms with Crippen LogP contribution in [0.5, 0.6) is 0 Å². The molecule has 1 saturated heterocycles. The first kappa shape index (κ1) is 13.6. The molecule has 1 heterocycles. The number of nitrogens with one attached hydrogen (secondary N) is 2. The highest BCUT2D eigenvalue weighted by molar-refractivity contribution is 5.89. The van der Waals surface area contributed by atoms with E-state index >= 15 is 0 Å². The maximum absolute atomic E-state index is 12.9. The van der Waals surface area contributed by atoms with Crippen molar-refractivity contribution < 1.29 is 9.90 Å². The molecule has 0 spiro atoms. The summed E-state index contributed by atoms with van der Waals surface area (Å²) in [5.74, 6) is 0.0803. The second-order valence-corrected chi connectivity index (χ2v) is 6.09. The predicted molar refractivity (Wildman–Crippen MR) is 77.4 cm³/mol. The van der Waals surface area contributed by atoms with E-state index in [1.165, 1.54) is 0 Å². The third-order valence-electron chi connectivity index (χ3n) is 4.75. The van der Waals surface area contributed by atoms with Gasteiger partial charge in [0.15, 0.2) is 0 Å². The standard InChI is InChI=1S/C16H22N2O2/c19-12-15(6-7-15)18-14(20)16(8-10-17-11-9-16)13-4-2-1-3-5-13/h1-5,17,19H,6-12H2,(H,18,20). The Morgan fingerprint density at radius 2 is 1.80 bits per heavy atom. The van der Waals surface area contributed by atoms with E-state index in [1.54, 1.807) is 0 Å². The summed E-state index contributed by atoms with van der Waals surface area (Å²) in [5, 5.41) is 15.9. The van der Waals surface area contributed by atoms with Gasteiger partial charge in [-0.05, 0) is 44.3 Å². The van der Waals surface area contributed by atoms with E-state index in [2.05, 4.69) is 10.6 Å². The number of amides is 1. The van der Waals surface area contributed by atoms with Gasteiger partial charge in [-0.2, -0.15) is 0 Å². The lowest BCUT2D eigenvalue weighted by Gasteiger charge is -2.38. The third kappa shape index (κ3) is 2.34. The van der Waals surface area contributed by atoms with Crippen molar-refractivity contribution in [3.05, 3.63) is 35.9 Å². The van der Waals surface area contributed by atoms with Crippen molar-refractivity contribution in [2.75, 3.05) is 19.7 Å². The van der Waals surface area contributed by atoms with Crippen molar-refractivity contribution in [2.45, 2.75) is 36.6 Å². The number of carbonyl (C=O) groups excluding carboxylic acids is 1. The minimum atomic E-state index is -0.447. The number of piperidine rings is 1. The molecule has 4 heteroatoms. The van der Waals surface area contributed by atoms with Gasteiger partial charge in [0.2, 0.25) is 5.91 Å². The fraction of sp³-hybridized carbons (Fsp3) is 0.562. The topological polar surface area (TPSA) is 61.4 Å². The molecule has 0 atom stereocenters. The zero-order chi connectivity index (χ0) is 14.1. The summed E-state index contributed by atoms with van der Waals surface area (Å²) in [6.45, 7) is 1.75. The van der Waals surface area contributed by atoms with Gasteiger partial charge in [-0.1, -0.05) is 30.3 Å². The van der Waals surface area contributed by atoms with E-state index in [9.17, 15) is 9.90 Å². The van der Waals surface area contributed by atoms with Crippen LogP contribution in [0.3, 0.4) is 0 Å². The summed E-state index contributed by atoms with van der Waals surface area (Å²) in [6.07, 6.45) is 3.39. The average Bonchev–Trinajstić information content (AvgIpc) is 3.29. The lowest BCUT2D eigenvalue weighted by atomic mass is 9.72. The summed E-state index contributed by atoms with van der Waals surface area (Å²) in [7, 11) is 0. The number of benzene rings is 1. The molecule has 1 saturated carbocycles. The summed E-state index contributed by atoms with van der Waals surface area (Å²) in [4.78, 5) is 12.9. The van der Waals surface area contributed by atoms with Gasteiger partial charge in [-0.3, -0.25) is 4.79 Å². The summed E-state index contributed by atoms with van der Waals surface area (Å²) >= 11 is 0. The number of aliphatic hydroxyl groups is 1. The Hall–Kier alpha value is -1.39. The number of rotatable bonds is 4. The average molecular weight is 274 g/mol. The van der Waals surface area contributed by atoms with Crippen LogP contribution in [0.2, 0.25) is 0 Å². The van der Waals surface area contributed by atoms with Gasteiger partial charge in [0.25, 0.3) is 0 Å². The van der Waals surface area contributed by atoms with Crippen LogP contribution < -0.4 is 10.6 Å². The second-order valence-electron chi connectivity index (χ2n) is 6.09. The highest BCUT2D eigenvalue weighted by Crippen LogP contribution is 2.39. The first-order chi connectivity index (χ1) is 9.71. The molecule has 1 aliphatic heterocycles. The first-order valence-corrected chi connectivity index (χ1v) is 7.41. The van der Waals surface area contributed by atoms with Crippen molar-refractivity contribution in [3.8, 4) is 0 Å². The monoisotopic (exact) mass is 274 g/mol. The summed E-state index contributed by atoms with van der Waals surface area (Å²) < 4.78 is 0. The van der Waals surface area contributed by atoms with Crippen LogP contribution in [0.15, 0.2) is 30.3 Å². The van der Waals surface area contributed by atoms with Gasteiger partial charge < -0.3 is 15.7 Å². The Balaban J connectivity index is 1.88. The van der Waals surface area contributed by atoms with Gasteiger partial charge >= 0.3 is 0 Å². The normalized spacial score (nSPS) is 23.1. The molecule has 4 nitrogen and oxygen atoms in total. The van der Waals surface area contributed by atoms with E-state index in [4.69, 9.17) is 0 Å². The predicted octanol–water partition coefficient (Wildman–Crippen LogP) is 0.949. The smallest absolute Gasteiger partial charge is 0.231 e. The molecule has 1 aromatic rings. The van der Waals surface area contributed by atoms with E-state index in [-0.39, 0.29) is 18.1 Å². The van der Waals surface area contributed by atoms with Crippen LogP contribution in [0.25, 0.3) is 0 Å². The first-order valence-electron chi connectivity index (χ1n) is 7.41. The van der Waals surface area contributed by atoms with E-state index in [0.717, 1.165) is 44.3 Å². The lowest BCUT2D eigenvalue weighted by molar-refractivity contribution is -0.129. The summed E-state index contributed by atoms with van der Waals surface area (Å²) in [5.41, 5.74) is 0.300. The zero-order valence-corrected chi connectivity index (χ0v) is 11.7. The number of hydrogen-bond acceptors (Lipinski definition) is 3. The molecule has 1 amide bonds. The second kappa shape index (κ2) is 5.19. The molecule has 0 radical (unpaired) electrons. The van der Waals surface area contributed by atoms with E-state index < -0.39 is 5.41 Å². The fourth-order valence-corrected chi connectivity index (χ4v) is 3.09. The molecule has 0 unspecified atom stereocenters. The van der Waals surface area contributed by atoms with Crippen LogP contribution in [-0.2, 0) is 10.2 Å². The van der Waals surface area contributed by atoms with Gasteiger partial charge in [-0.25, -0.2) is 0 Å². The molecule has 1 aliphatic carbocycles. The van der Waals surface area contributed by atoms with Crippen molar-refractivity contribution in [2.24, 2.45) is 0 Å². The fourth-order valence-electron chi connectivity index (χ4n) is 3.09. The van der Waals surface area contributed by atoms with Crippen LogP contribution in [-0.4, -0.2) is 36.2 Å². The van der Waals surface area contributed by atoms with E-state index in [1.807, 2.05) is 30.3 Å². The Labute approximate surface area is 119 Å². The highest BCUT2D eigenvalue weighted by Gasteiger charge is 2.49. The molecule has 2 aliphatic rings. The van der Waals surface area contributed by atoms with Crippen LogP contribution in [0, 0.1) is 0 Å². The Kier molecular flexibility index (Phi) is 3.52. The quantitative estimate of drug-likeness (QED) is 0.766. The largest absolute Gasteiger partial charge is 0.394 e. The lowest BCUT2D eigenvalue weighted by Crippen LogP contribution is -2.54.